The molecule has 0 aromatic carbocycles. The molecule has 0 unspecified atom stereocenters. The fourth-order valence-electron chi connectivity index (χ4n) is 1.56. The van der Waals surface area contributed by atoms with Crippen molar-refractivity contribution in [3.63, 3.8) is 0 Å². The molecule has 2 N–H and O–H groups in total. The molecule has 1 heterocycles. The number of hydrogen-bond acceptors (Lipinski definition) is 2. The Morgan fingerprint density at radius 2 is 1.91 bits per heavy atom. The molecule has 2 aliphatic rings. The number of nitrogens with two attached hydrogens (primary N) is 1. The molecule has 1 saturated carbocycles. The topological polar surface area (TPSA) is 35.2 Å². The minimum absolute atomic E-state index is 0.235. The first kappa shape index (κ1) is 7.56. The molecule has 0 radical (unpaired) electrons. The fraction of sp³-hybridized carbons (Fsp3) is 1.00. The molecule has 2 fully saturated rings. The average Bonchev–Trinajstić information content (AvgIpc) is 2.61. The van der Waals surface area contributed by atoms with Crippen molar-refractivity contribution in [2.45, 2.75) is 38.1 Å². The Morgan fingerprint density at radius 1 is 1.27 bits per heavy atom. The molecular formula is C9H17NO. The third-order valence-electron chi connectivity index (χ3n) is 3.02. The maximum atomic E-state index is 5.99. The van der Waals surface area contributed by atoms with Crippen molar-refractivity contribution in [3.05, 3.63) is 0 Å². The molecule has 0 spiro atoms. The van der Waals surface area contributed by atoms with Gasteiger partial charge in [0.15, 0.2) is 0 Å². The minimum Gasteiger partial charge on any atom is -0.380 e. The van der Waals surface area contributed by atoms with Crippen LogP contribution in [0.1, 0.15) is 32.6 Å². The van der Waals surface area contributed by atoms with Gasteiger partial charge in [-0.2, -0.15) is 0 Å². The summed E-state index contributed by atoms with van der Waals surface area (Å²) < 4.78 is 5.18. The molecular weight excluding hydrogens is 138 g/mol. The van der Waals surface area contributed by atoms with Crippen LogP contribution >= 0.6 is 0 Å². The molecule has 0 bridgehead atoms. The normalized spacial score (nSPS) is 31.1. The lowest BCUT2D eigenvalue weighted by Gasteiger charge is -2.38. The van der Waals surface area contributed by atoms with E-state index in [1.165, 1.54) is 25.7 Å². The molecule has 0 aromatic heterocycles. The molecule has 1 aliphatic carbocycles. The van der Waals surface area contributed by atoms with Gasteiger partial charge in [0.2, 0.25) is 0 Å². The summed E-state index contributed by atoms with van der Waals surface area (Å²) in [4.78, 5) is 0. The maximum Gasteiger partial charge on any atom is 0.0542 e. The van der Waals surface area contributed by atoms with E-state index < -0.39 is 0 Å². The molecule has 11 heavy (non-hydrogen) atoms. The van der Waals surface area contributed by atoms with Crippen LogP contribution in [0.5, 0.6) is 0 Å². The van der Waals surface area contributed by atoms with Gasteiger partial charge in [-0.3, -0.25) is 0 Å². The highest BCUT2D eigenvalue weighted by Gasteiger charge is 2.41. The molecule has 0 atom stereocenters. The Bertz CT molecular complexity index is 159. The lowest BCUT2D eigenvalue weighted by molar-refractivity contribution is -0.107. The van der Waals surface area contributed by atoms with Crippen molar-refractivity contribution in [1.82, 2.24) is 0 Å². The van der Waals surface area contributed by atoms with E-state index in [1.807, 2.05) is 0 Å². The van der Waals surface area contributed by atoms with E-state index in [0.29, 0.717) is 5.41 Å². The molecule has 0 amide bonds. The summed E-state index contributed by atoms with van der Waals surface area (Å²) in [6, 6.07) is 0. The predicted molar refractivity (Wildman–Crippen MR) is 44.3 cm³/mol. The Balaban J connectivity index is 1.73. The quantitative estimate of drug-likeness (QED) is 0.666. The Labute approximate surface area is 68.1 Å². The first-order valence-electron chi connectivity index (χ1n) is 4.49. The van der Waals surface area contributed by atoms with E-state index >= 15 is 0 Å². The zero-order chi connectivity index (χ0) is 7.95. The zero-order valence-electron chi connectivity index (χ0n) is 7.23. The summed E-state index contributed by atoms with van der Waals surface area (Å²) in [5.74, 6) is 0. The van der Waals surface area contributed by atoms with Crippen LogP contribution in [0.2, 0.25) is 0 Å². The Morgan fingerprint density at radius 3 is 2.27 bits per heavy atom. The second-order valence-electron chi connectivity index (χ2n) is 4.67. The molecule has 1 aliphatic heterocycles. The van der Waals surface area contributed by atoms with E-state index in [2.05, 4.69) is 6.92 Å². The summed E-state index contributed by atoms with van der Waals surface area (Å²) in [5.41, 5.74) is 6.69. The van der Waals surface area contributed by atoms with Crippen molar-refractivity contribution in [1.29, 1.82) is 0 Å². The molecule has 2 nitrogen and oxygen atoms in total. The first-order chi connectivity index (χ1) is 5.12. The van der Waals surface area contributed by atoms with E-state index in [4.69, 9.17) is 10.5 Å². The second kappa shape index (κ2) is 2.20. The molecule has 2 rings (SSSR count). The van der Waals surface area contributed by atoms with E-state index in [-0.39, 0.29) is 5.54 Å². The highest BCUT2D eigenvalue weighted by Crippen LogP contribution is 2.41. The average molecular weight is 155 g/mol. The summed E-state index contributed by atoms with van der Waals surface area (Å²) in [7, 11) is 0. The van der Waals surface area contributed by atoms with Crippen LogP contribution in [0.3, 0.4) is 0 Å². The van der Waals surface area contributed by atoms with Gasteiger partial charge in [0, 0.05) is 11.0 Å². The van der Waals surface area contributed by atoms with Crippen molar-refractivity contribution in [2.75, 3.05) is 13.2 Å². The van der Waals surface area contributed by atoms with Crippen LogP contribution in [-0.2, 0) is 4.74 Å². The molecule has 0 aromatic rings. The SMILES string of the molecule is CC1(CCC2(N)CC2)COC1. The van der Waals surface area contributed by atoms with Gasteiger partial charge >= 0.3 is 0 Å². The van der Waals surface area contributed by atoms with Crippen molar-refractivity contribution in [2.24, 2.45) is 11.1 Å². The molecule has 64 valence electrons. The van der Waals surface area contributed by atoms with E-state index in [9.17, 15) is 0 Å². The molecule has 1 saturated heterocycles. The van der Waals surface area contributed by atoms with Gasteiger partial charge in [-0.25, -0.2) is 0 Å². The summed E-state index contributed by atoms with van der Waals surface area (Å²) in [6.45, 7) is 4.19. The number of hydrogen-bond donors (Lipinski definition) is 1. The fourth-order valence-corrected chi connectivity index (χ4v) is 1.56. The van der Waals surface area contributed by atoms with E-state index in [1.54, 1.807) is 0 Å². The smallest absolute Gasteiger partial charge is 0.0542 e. The van der Waals surface area contributed by atoms with Gasteiger partial charge in [-0.15, -0.1) is 0 Å². The standard InChI is InChI=1S/C9H17NO/c1-8(6-11-7-8)2-3-9(10)4-5-9/h2-7,10H2,1H3. The minimum atomic E-state index is 0.235. The van der Waals surface area contributed by atoms with Crippen molar-refractivity contribution < 1.29 is 4.74 Å². The van der Waals surface area contributed by atoms with Crippen LogP contribution in [0.4, 0.5) is 0 Å². The Kier molecular flexibility index (Phi) is 1.52. The monoisotopic (exact) mass is 155 g/mol. The third kappa shape index (κ3) is 1.57. The van der Waals surface area contributed by atoms with Gasteiger partial charge in [-0.05, 0) is 25.7 Å². The number of ether oxygens (including phenoxy) is 1. The Hall–Kier alpha value is -0.0800. The summed E-state index contributed by atoms with van der Waals surface area (Å²) >= 11 is 0. The largest absolute Gasteiger partial charge is 0.380 e. The van der Waals surface area contributed by atoms with Crippen LogP contribution in [0.15, 0.2) is 0 Å². The zero-order valence-corrected chi connectivity index (χ0v) is 7.23. The van der Waals surface area contributed by atoms with Crippen LogP contribution in [-0.4, -0.2) is 18.8 Å². The molecule has 2 heteroatoms. The van der Waals surface area contributed by atoms with Crippen LogP contribution < -0.4 is 5.73 Å². The van der Waals surface area contributed by atoms with E-state index in [0.717, 1.165) is 13.2 Å². The first-order valence-corrected chi connectivity index (χ1v) is 4.49. The third-order valence-corrected chi connectivity index (χ3v) is 3.02. The predicted octanol–water partition coefficient (Wildman–Crippen LogP) is 1.29. The second-order valence-corrected chi connectivity index (χ2v) is 4.67. The van der Waals surface area contributed by atoms with Gasteiger partial charge in [0.25, 0.3) is 0 Å². The summed E-state index contributed by atoms with van der Waals surface area (Å²) in [5, 5.41) is 0. The van der Waals surface area contributed by atoms with Crippen molar-refractivity contribution in [3.8, 4) is 0 Å². The van der Waals surface area contributed by atoms with Crippen LogP contribution in [0, 0.1) is 5.41 Å². The van der Waals surface area contributed by atoms with Gasteiger partial charge in [0.05, 0.1) is 13.2 Å². The lowest BCUT2D eigenvalue weighted by Crippen LogP contribution is -2.41. The van der Waals surface area contributed by atoms with Crippen molar-refractivity contribution >= 4 is 0 Å². The highest BCUT2D eigenvalue weighted by molar-refractivity contribution is 5.00. The number of rotatable bonds is 3. The van der Waals surface area contributed by atoms with Gasteiger partial charge < -0.3 is 10.5 Å². The maximum absolute atomic E-state index is 5.99. The lowest BCUT2D eigenvalue weighted by atomic mass is 9.82. The van der Waals surface area contributed by atoms with Crippen LogP contribution in [0.25, 0.3) is 0 Å². The highest BCUT2D eigenvalue weighted by atomic mass is 16.5. The van der Waals surface area contributed by atoms with Gasteiger partial charge in [0.1, 0.15) is 0 Å². The summed E-state index contributed by atoms with van der Waals surface area (Å²) in [6.07, 6.45) is 4.93. The van der Waals surface area contributed by atoms with Gasteiger partial charge in [-0.1, -0.05) is 6.92 Å².